The monoisotopic (exact) mass is 335 g/mol. The molecule has 2 rings (SSSR count). The lowest BCUT2D eigenvalue weighted by molar-refractivity contribution is -0.139. The maximum absolute atomic E-state index is 12.8. The number of amides is 1. The van der Waals surface area contributed by atoms with Gasteiger partial charge in [-0.3, -0.25) is 4.79 Å². The molecule has 1 aromatic carbocycles. The third kappa shape index (κ3) is 5.15. The van der Waals surface area contributed by atoms with Gasteiger partial charge in [0.2, 0.25) is 0 Å². The van der Waals surface area contributed by atoms with Crippen LogP contribution in [0.15, 0.2) is 18.2 Å². The zero-order chi connectivity index (χ0) is 17.5. The molecule has 1 aliphatic carbocycles. The summed E-state index contributed by atoms with van der Waals surface area (Å²) in [4.78, 5) is 25.3. The van der Waals surface area contributed by atoms with Gasteiger partial charge in [-0.05, 0) is 50.3 Å². The van der Waals surface area contributed by atoms with E-state index in [1.165, 1.54) is 12.8 Å². The van der Waals surface area contributed by atoms with Crippen molar-refractivity contribution in [3.8, 4) is 11.5 Å². The Bertz CT molecular complexity index is 583. The molecule has 0 saturated heterocycles. The summed E-state index contributed by atoms with van der Waals surface area (Å²) in [6.07, 6.45) is 3.30. The smallest absolute Gasteiger partial charge is 0.341 e. The average molecular weight is 335 g/mol. The van der Waals surface area contributed by atoms with Crippen LogP contribution in [0.25, 0.3) is 0 Å². The standard InChI is InChI=1S/C18H25NO5/c1-3-9-19(11-13-5-6-13)18(22)14-7-8-15(24-12-17(20)21)16(10-14)23-4-2/h7-8,10,13H,3-6,9,11-12H2,1-2H3,(H,20,21). The van der Waals surface area contributed by atoms with Crippen LogP contribution in [-0.4, -0.2) is 48.2 Å². The zero-order valence-corrected chi connectivity index (χ0v) is 14.3. The quantitative estimate of drug-likeness (QED) is 0.711. The molecule has 0 heterocycles. The van der Waals surface area contributed by atoms with Crippen molar-refractivity contribution >= 4 is 11.9 Å². The van der Waals surface area contributed by atoms with Crippen LogP contribution < -0.4 is 9.47 Å². The van der Waals surface area contributed by atoms with Gasteiger partial charge in [0.15, 0.2) is 18.1 Å². The van der Waals surface area contributed by atoms with Gasteiger partial charge in [0.1, 0.15) is 0 Å². The van der Waals surface area contributed by atoms with E-state index in [9.17, 15) is 9.59 Å². The largest absolute Gasteiger partial charge is 0.490 e. The Morgan fingerprint density at radius 3 is 2.54 bits per heavy atom. The predicted molar refractivity (Wildman–Crippen MR) is 89.7 cm³/mol. The second-order valence-electron chi connectivity index (χ2n) is 5.97. The molecule has 0 bridgehead atoms. The number of rotatable bonds is 10. The Kier molecular flexibility index (Phi) is 6.46. The summed E-state index contributed by atoms with van der Waals surface area (Å²) in [6.45, 7) is 5.37. The summed E-state index contributed by atoms with van der Waals surface area (Å²) in [5, 5.41) is 8.73. The molecule has 24 heavy (non-hydrogen) atoms. The normalized spacial score (nSPS) is 13.4. The molecule has 1 fully saturated rings. The Morgan fingerprint density at radius 2 is 1.96 bits per heavy atom. The van der Waals surface area contributed by atoms with Gasteiger partial charge in [0.05, 0.1) is 6.61 Å². The molecule has 1 saturated carbocycles. The molecule has 1 aromatic rings. The number of hydrogen-bond acceptors (Lipinski definition) is 4. The molecule has 132 valence electrons. The highest BCUT2D eigenvalue weighted by molar-refractivity contribution is 5.95. The van der Waals surface area contributed by atoms with Crippen LogP contribution in [0.4, 0.5) is 0 Å². The zero-order valence-electron chi connectivity index (χ0n) is 14.3. The summed E-state index contributed by atoms with van der Waals surface area (Å²) in [5.41, 5.74) is 0.537. The third-order valence-electron chi connectivity index (χ3n) is 3.80. The van der Waals surface area contributed by atoms with E-state index < -0.39 is 12.6 Å². The van der Waals surface area contributed by atoms with E-state index in [1.54, 1.807) is 18.2 Å². The molecule has 0 aliphatic heterocycles. The first-order valence-electron chi connectivity index (χ1n) is 8.45. The van der Waals surface area contributed by atoms with Crippen molar-refractivity contribution in [2.24, 2.45) is 5.92 Å². The van der Waals surface area contributed by atoms with Gasteiger partial charge in [-0.1, -0.05) is 6.92 Å². The maximum atomic E-state index is 12.8. The molecule has 1 amide bonds. The second kappa shape index (κ2) is 8.57. The van der Waals surface area contributed by atoms with Crippen molar-refractivity contribution in [1.82, 2.24) is 4.90 Å². The van der Waals surface area contributed by atoms with Gasteiger partial charge in [0, 0.05) is 18.7 Å². The highest BCUT2D eigenvalue weighted by Gasteiger charge is 2.27. The molecule has 0 aromatic heterocycles. The van der Waals surface area contributed by atoms with Gasteiger partial charge < -0.3 is 19.5 Å². The highest BCUT2D eigenvalue weighted by Crippen LogP contribution is 2.32. The van der Waals surface area contributed by atoms with Crippen LogP contribution in [0.3, 0.4) is 0 Å². The van der Waals surface area contributed by atoms with Crippen molar-refractivity contribution in [2.75, 3.05) is 26.3 Å². The molecule has 0 atom stereocenters. The number of aliphatic carboxylic acids is 1. The Hall–Kier alpha value is -2.24. The van der Waals surface area contributed by atoms with Crippen molar-refractivity contribution in [1.29, 1.82) is 0 Å². The fourth-order valence-electron chi connectivity index (χ4n) is 2.51. The number of benzene rings is 1. The first kappa shape index (κ1) is 18.1. The Labute approximate surface area is 142 Å². The van der Waals surface area contributed by atoms with Crippen LogP contribution in [0.2, 0.25) is 0 Å². The van der Waals surface area contributed by atoms with E-state index in [1.807, 2.05) is 11.8 Å². The van der Waals surface area contributed by atoms with Crippen LogP contribution >= 0.6 is 0 Å². The third-order valence-corrected chi connectivity index (χ3v) is 3.80. The fraction of sp³-hybridized carbons (Fsp3) is 0.556. The lowest BCUT2D eigenvalue weighted by Crippen LogP contribution is -2.33. The number of ether oxygens (including phenoxy) is 2. The molecule has 0 radical (unpaired) electrons. The topological polar surface area (TPSA) is 76.1 Å². The molecule has 0 spiro atoms. The van der Waals surface area contributed by atoms with Crippen molar-refractivity contribution in [3.63, 3.8) is 0 Å². The summed E-state index contributed by atoms with van der Waals surface area (Å²) in [7, 11) is 0. The Morgan fingerprint density at radius 1 is 1.21 bits per heavy atom. The number of nitrogens with zero attached hydrogens (tertiary/aromatic N) is 1. The van der Waals surface area contributed by atoms with Crippen molar-refractivity contribution in [2.45, 2.75) is 33.1 Å². The van der Waals surface area contributed by atoms with E-state index in [2.05, 4.69) is 6.92 Å². The molecular weight excluding hydrogens is 310 g/mol. The first-order valence-corrected chi connectivity index (χ1v) is 8.45. The summed E-state index contributed by atoms with van der Waals surface area (Å²) in [6, 6.07) is 4.90. The van der Waals surface area contributed by atoms with Gasteiger partial charge in [-0.2, -0.15) is 0 Å². The van der Waals surface area contributed by atoms with Gasteiger partial charge in [-0.25, -0.2) is 4.79 Å². The minimum Gasteiger partial charge on any atom is -0.490 e. The van der Waals surface area contributed by atoms with E-state index in [0.717, 1.165) is 19.5 Å². The van der Waals surface area contributed by atoms with Gasteiger partial charge in [-0.15, -0.1) is 0 Å². The highest BCUT2D eigenvalue weighted by atomic mass is 16.5. The summed E-state index contributed by atoms with van der Waals surface area (Å²) in [5.74, 6) is 0.281. The molecule has 6 nitrogen and oxygen atoms in total. The first-order chi connectivity index (χ1) is 11.5. The van der Waals surface area contributed by atoms with E-state index >= 15 is 0 Å². The van der Waals surface area contributed by atoms with Crippen LogP contribution in [0.1, 0.15) is 43.5 Å². The average Bonchev–Trinajstić information content (AvgIpc) is 3.37. The van der Waals surface area contributed by atoms with Crippen molar-refractivity contribution in [3.05, 3.63) is 23.8 Å². The minimum atomic E-state index is -1.06. The molecule has 0 unspecified atom stereocenters. The Balaban J connectivity index is 2.16. The van der Waals surface area contributed by atoms with E-state index in [4.69, 9.17) is 14.6 Å². The number of carboxylic acid groups (broad SMARTS) is 1. The molecule has 1 aliphatic rings. The summed E-state index contributed by atoms with van der Waals surface area (Å²) >= 11 is 0. The second-order valence-corrected chi connectivity index (χ2v) is 5.97. The fourth-order valence-corrected chi connectivity index (χ4v) is 2.51. The number of carbonyl (C=O) groups is 2. The van der Waals surface area contributed by atoms with Crippen LogP contribution in [0.5, 0.6) is 11.5 Å². The minimum absolute atomic E-state index is 0.0190. The maximum Gasteiger partial charge on any atom is 0.341 e. The number of carbonyl (C=O) groups excluding carboxylic acids is 1. The number of hydrogen-bond donors (Lipinski definition) is 1. The predicted octanol–water partition coefficient (Wildman–Crippen LogP) is 2.81. The van der Waals surface area contributed by atoms with E-state index in [-0.39, 0.29) is 5.91 Å². The molecule has 1 N–H and O–H groups in total. The van der Waals surface area contributed by atoms with Crippen molar-refractivity contribution < 1.29 is 24.2 Å². The van der Waals surface area contributed by atoms with Crippen LogP contribution in [0, 0.1) is 5.92 Å². The number of carboxylic acids is 1. The summed E-state index contributed by atoms with van der Waals surface area (Å²) < 4.78 is 10.7. The van der Waals surface area contributed by atoms with Crippen LogP contribution in [-0.2, 0) is 4.79 Å². The van der Waals surface area contributed by atoms with E-state index in [0.29, 0.717) is 29.6 Å². The molecule has 6 heteroatoms. The molecular formula is C18H25NO5. The van der Waals surface area contributed by atoms with Gasteiger partial charge in [0.25, 0.3) is 5.91 Å². The lowest BCUT2D eigenvalue weighted by atomic mass is 10.1. The lowest BCUT2D eigenvalue weighted by Gasteiger charge is -2.22. The van der Waals surface area contributed by atoms with Gasteiger partial charge >= 0.3 is 5.97 Å². The SMILES string of the molecule is CCCN(CC1CC1)C(=O)c1ccc(OCC(=O)O)c(OCC)c1.